The van der Waals surface area contributed by atoms with Crippen LogP contribution in [0.4, 0.5) is 5.69 Å². The number of para-hydroxylation sites is 1. The topological polar surface area (TPSA) is 33.2 Å². The monoisotopic (exact) mass is 328 g/mol. The van der Waals surface area contributed by atoms with E-state index in [1.807, 2.05) is 30.4 Å². The lowest BCUT2D eigenvalue weighted by atomic mass is 9.83. The van der Waals surface area contributed by atoms with Crippen LogP contribution < -0.4 is 4.90 Å². The van der Waals surface area contributed by atoms with Crippen LogP contribution in [0.1, 0.15) is 35.5 Å². The third-order valence-electron chi connectivity index (χ3n) is 5.12. The summed E-state index contributed by atoms with van der Waals surface area (Å²) < 4.78 is 0. The van der Waals surface area contributed by atoms with Gasteiger partial charge in [-0.1, -0.05) is 50.3 Å². The number of pyridine rings is 1. The average Bonchev–Trinajstić information content (AvgIpc) is 2.82. The van der Waals surface area contributed by atoms with Gasteiger partial charge in [-0.05, 0) is 29.8 Å². The molecule has 0 atom stereocenters. The molecule has 2 aromatic rings. The van der Waals surface area contributed by atoms with E-state index < -0.39 is 0 Å². The molecule has 0 bridgehead atoms. The highest BCUT2D eigenvalue weighted by Gasteiger charge is 2.37. The molecule has 0 N–H and O–H groups in total. The van der Waals surface area contributed by atoms with Crippen molar-refractivity contribution in [3.05, 3.63) is 88.9 Å². The second-order valence-corrected chi connectivity index (χ2v) is 6.98. The summed E-state index contributed by atoms with van der Waals surface area (Å²) >= 11 is 0. The zero-order valence-corrected chi connectivity index (χ0v) is 14.7. The van der Waals surface area contributed by atoms with Gasteiger partial charge in [0.1, 0.15) is 5.69 Å². The van der Waals surface area contributed by atoms with E-state index in [1.165, 1.54) is 16.9 Å². The smallest absolute Gasteiger partial charge is 0.211 e. The molecule has 4 rings (SSSR count). The lowest BCUT2D eigenvalue weighted by molar-refractivity contribution is 0.103. The Hall–Kier alpha value is -2.94. The summed E-state index contributed by atoms with van der Waals surface area (Å²) in [6.45, 7) is 4.43. The fraction of sp³-hybridized carbons (Fsp3) is 0.182. The number of likely N-dealkylation sites (N-methyl/N-ethyl adjacent to an activating group) is 1. The van der Waals surface area contributed by atoms with Gasteiger partial charge in [-0.25, -0.2) is 0 Å². The molecular formula is C22H20N2O. The third-order valence-corrected chi connectivity index (χ3v) is 5.12. The maximum absolute atomic E-state index is 12.7. The number of anilines is 1. The molecule has 124 valence electrons. The molecule has 1 aromatic heterocycles. The Morgan fingerprint density at radius 1 is 1.04 bits per heavy atom. The zero-order valence-electron chi connectivity index (χ0n) is 14.7. The molecule has 1 aromatic carbocycles. The molecule has 25 heavy (non-hydrogen) atoms. The van der Waals surface area contributed by atoms with Gasteiger partial charge in [0.2, 0.25) is 5.78 Å². The van der Waals surface area contributed by atoms with Gasteiger partial charge in [-0.3, -0.25) is 9.78 Å². The van der Waals surface area contributed by atoms with E-state index in [1.54, 1.807) is 6.20 Å². The Kier molecular flexibility index (Phi) is 3.46. The maximum Gasteiger partial charge on any atom is 0.211 e. The molecule has 0 amide bonds. The standard InChI is InChI=1S/C22H20N2O/c1-22(2)17-8-4-5-9-18(17)24(3)19(22)13-12-16-11-10-15-7-6-14-23-20(15)21(16)25/h4-14H,1-3H3/b16-12-,19-13-. The largest absolute Gasteiger partial charge is 0.347 e. The van der Waals surface area contributed by atoms with Crippen LogP contribution >= 0.6 is 0 Å². The Morgan fingerprint density at radius 2 is 1.84 bits per heavy atom. The lowest BCUT2D eigenvalue weighted by Crippen LogP contribution is -2.22. The summed E-state index contributed by atoms with van der Waals surface area (Å²) in [6, 6.07) is 12.2. The van der Waals surface area contributed by atoms with Crippen molar-refractivity contribution in [1.82, 2.24) is 4.98 Å². The predicted molar refractivity (Wildman–Crippen MR) is 102 cm³/mol. The van der Waals surface area contributed by atoms with Crippen LogP contribution in [-0.2, 0) is 5.41 Å². The SMILES string of the molecule is CN1/C(=C\C=C2\C=Cc3cccnc3C2=O)C(C)(C)c2ccccc21. The number of carbonyl (C=O) groups is 1. The van der Waals surface area contributed by atoms with Crippen LogP contribution in [0.25, 0.3) is 6.08 Å². The first-order chi connectivity index (χ1) is 12.0. The normalized spacial score (nSPS) is 20.9. The minimum Gasteiger partial charge on any atom is -0.347 e. The van der Waals surface area contributed by atoms with E-state index in [4.69, 9.17) is 0 Å². The first kappa shape index (κ1) is 15.6. The number of ketones is 1. The Balaban J connectivity index is 1.74. The van der Waals surface area contributed by atoms with Gasteiger partial charge < -0.3 is 4.90 Å². The molecule has 1 aliphatic heterocycles. The molecule has 0 spiro atoms. The number of rotatable bonds is 1. The van der Waals surface area contributed by atoms with Gasteiger partial charge in [0, 0.05) is 41.2 Å². The Morgan fingerprint density at radius 3 is 2.64 bits per heavy atom. The lowest BCUT2D eigenvalue weighted by Gasteiger charge is -2.24. The summed E-state index contributed by atoms with van der Waals surface area (Å²) in [7, 11) is 2.08. The number of hydrogen-bond donors (Lipinski definition) is 0. The fourth-order valence-corrected chi connectivity index (χ4v) is 3.74. The maximum atomic E-state index is 12.7. The van der Waals surface area contributed by atoms with Crippen molar-refractivity contribution in [3.8, 4) is 0 Å². The number of Topliss-reactive ketones (excluding diaryl/α,β-unsaturated/α-hetero) is 1. The number of fused-ring (bicyclic) bond motifs is 2. The first-order valence-corrected chi connectivity index (χ1v) is 8.43. The van der Waals surface area contributed by atoms with E-state index in [0.29, 0.717) is 11.3 Å². The molecule has 0 fully saturated rings. The van der Waals surface area contributed by atoms with E-state index in [2.05, 4.69) is 61.1 Å². The van der Waals surface area contributed by atoms with Crippen molar-refractivity contribution in [2.45, 2.75) is 19.3 Å². The summed E-state index contributed by atoms with van der Waals surface area (Å²) in [5.74, 6) is -0.0223. The van der Waals surface area contributed by atoms with Crippen molar-refractivity contribution >= 4 is 17.5 Å². The number of benzene rings is 1. The van der Waals surface area contributed by atoms with E-state index in [0.717, 1.165) is 5.56 Å². The quantitative estimate of drug-likeness (QED) is 0.721. The molecule has 0 unspecified atom stereocenters. The van der Waals surface area contributed by atoms with Gasteiger partial charge >= 0.3 is 0 Å². The van der Waals surface area contributed by atoms with Crippen LogP contribution in [0.15, 0.2) is 72.1 Å². The van der Waals surface area contributed by atoms with Crippen molar-refractivity contribution in [2.75, 3.05) is 11.9 Å². The second-order valence-electron chi connectivity index (χ2n) is 6.98. The van der Waals surface area contributed by atoms with Gasteiger partial charge in [0.25, 0.3) is 0 Å². The number of carbonyl (C=O) groups excluding carboxylic acids is 1. The summed E-state index contributed by atoms with van der Waals surface area (Å²) in [5.41, 5.74) is 5.67. The highest BCUT2D eigenvalue weighted by molar-refractivity contribution is 6.14. The van der Waals surface area contributed by atoms with Crippen LogP contribution in [0, 0.1) is 0 Å². The molecule has 0 saturated carbocycles. The summed E-state index contributed by atoms with van der Waals surface area (Å²) in [5, 5.41) is 0. The van der Waals surface area contributed by atoms with E-state index in [9.17, 15) is 4.79 Å². The molecular weight excluding hydrogens is 308 g/mol. The minimum atomic E-state index is -0.0972. The molecule has 2 aliphatic rings. The van der Waals surface area contributed by atoms with Crippen LogP contribution in [0.3, 0.4) is 0 Å². The van der Waals surface area contributed by atoms with Crippen molar-refractivity contribution in [2.24, 2.45) is 0 Å². The molecule has 2 heterocycles. The van der Waals surface area contributed by atoms with Gasteiger partial charge in [-0.15, -0.1) is 0 Å². The highest BCUT2D eigenvalue weighted by Crippen LogP contribution is 2.46. The number of aromatic nitrogens is 1. The fourth-order valence-electron chi connectivity index (χ4n) is 3.74. The molecule has 0 radical (unpaired) electrons. The number of hydrogen-bond acceptors (Lipinski definition) is 3. The van der Waals surface area contributed by atoms with Crippen molar-refractivity contribution < 1.29 is 4.79 Å². The molecule has 1 aliphatic carbocycles. The molecule has 3 nitrogen and oxygen atoms in total. The minimum absolute atomic E-state index is 0.0223. The molecule has 0 saturated heterocycles. The summed E-state index contributed by atoms with van der Waals surface area (Å²) in [4.78, 5) is 19.1. The van der Waals surface area contributed by atoms with Gasteiger partial charge in [0.15, 0.2) is 0 Å². The number of allylic oxidation sites excluding steroid dienone is 5. The van der Waals surface area contributed by atoms with E-state index >= 15 is 0 Å². The van der Waals surface area contributed by atoms with Gasteiger partial charge in [-0.2, -0.15) is 0 Å². The van der Waals surface area contributed by atoms with Crippen LogP contribution in [0.2, 0.25) is 0 Å². The average molecular weight is 328 g/mol. The highest BCUT2D eigenvalue weighted by atomic mass is 16.1. The van der Waals surface area contributed by atoms with Gasteiger partial charge in [0.05, 0.1) is 0 Å². The zero-order chi connectivity index (χ0) is 17.6. The predicted octanol–water partition coefficient (Wildman–Crippen LogP) is 4.53. The van der Waals surface area contributed by atoms with Crippen LogP contribution in [-0.4, -0.2) is 17.8 Å². The number of nitrogens with zero attached hydrogens (tertiary/aromatic N) is 2. The first-order valence-electron chi connectivity index (χ1n) is 8.43. The molecule has 3 heteroatoms. The van der Waals surface area contributed by atoms with Crippen molar-refractivity contribution in [3.63, 3.8) is 0 Å². The van der Waals surface area contributed by atoms with E-state index in [-0.39, 0.29) is 11.2 Å². The Bertz CT molecular complexity index is 963. The second kappa shape index (κ2) is 5.55. The summed E-state index contributed by atoms with van der Waals surface area (Å²) in [6.07, 6.45) is 9.46. The third kappa shape index (κ3) is 2.35. The Labute approximate surface area is 148 Å². The van der Waals surface area contributed by atoms with Crippen molar-refractivity contribution in [1.29, 1.82) is 0 Å². The van der Waals surface area contributed by atoms with Crippen LogP contribution in [0.5, 0.6) is 0 Å².